The number of aromatic nitrogens is 2. The van der Waals surface area contributed by atoms with Crippen LogP contribution in [0.5, 0.6) is 5.75 Å². The number of thioether (sulfide) groups is 2. The minimum atomic E-state index is -0.158. The van der Waals surface area contributed by atoms with Gasteiger partial charge >= 0.3 is 0 Å². The highest BCUT2D eigenvalue weighted by Gasteiger charge is 2.21. The van der Waals surface area contributed by atoms with Crippen LogP contribution in [0.3, 0.4) is 0 Å². The fraction of sp³-hybridized carbons (Fsp3) is 0.389. The van der Waals surface area contributed by atoms with Crippen molar-refractivity contribution >= 4 is 35.1 Å². The van der Waals surface area contributed by atoms with Gasteiger partial charge in [0.2, 0.25) is 5.91 Å². The van der Waals surface area contributed by atoms with Crippen LogP contribution in [0.4, 0.5) is 5.69 Å². The first-order valence-corrected chi connectivity index (χ1v) is 10.5. The van der Waals surface area contributed by atoms with Crippen molar-refractivity contribution < 1.29 is 9.53 Å². The van der Waals surface area contributed by atoms with Crippen LogP contribution < -0.4 is 15.6 Å². The van der Waals surface area contributed by atoms with Crippen molar-refractivity contribution in [2.75, 3.05) is 23.4 Å². The third-order valence-corrected chi connectivity index (χ3v) is 5.94. The van der Waals surface area contributed by atoms with Gasteiger partial charge in [-0.3, -0.25) is 14.2 Å². The number of carbonyl (C=O) groups excluding carboxylic acids is 1. The zero-order valence-electron chi connectivity index (χ0n) is 14.8. The number of nitrogens with one attached hydrogen (secondary N) is 1. The molecule has 0 saturated heterocycles. The third kappa shape index (κ3) is 4.07. The van der Waals surface area contributed by atoms with Gasteiger partial charge in [0.25, 0.3) is 5.56 Å². The number of nitrogens with zero attached hydrogens (tertiary/aromatic N) is 2. The van der Waals surface area contributed by atoms with Crippen molar-refractivity contribution in [1.82, 2.24) is 9.55 Å². The molecule has 1 amide bonds. The zero-order chi connectivity index (χ0) is 18.5. The lowest BCUT2D eigenvalue weighted by molar-refractivity contribution is -0.113. The Bertz CT molecular complexity index is 867. The second-order valence-electron chi connectivity index (χ2n) is 5.58. The van der Waals surface area contributed by atoms with E-state index in [2.05, 4.69) is 10.3 Å². The van der Waals surface area contributed by atoms with E-state index in [9.17, 15) is 9.59 Å². The number of fused-ring (bicyclic) bond motifs is 1. The van der Waals surface area contributed by atoms with Crippen LogP contribution in [-0.4, -0.2) is 33.6 Å². The molecule has 138 valence electrons. The summed E-state index contributed by atoms with van der Waals surface area (Å²) < 4.78 is 7.16. The molecule has 2 heterocycles. The van der Waals surface area contributed by atoms with Crippen LogP contribution in [0.1, 0.15) is 19.5 Å². The van der Waals surface area contributed by atoms with E-state index >= 15 is 0 Å². The van der Waals surface area contributed by atoms with Gasteiger partial charge in [0.15, 0.2) is 5.16 Å². The number of hydrogen-bond acceptors (Lipinski definition) is 6. The Hall–Kier alpha value is -1.93. The van der Waals surface area contributed by atoms with E-state index in [1.807, 2.05) is 32.0 Å². The van der Waals surface area contributed by atoms with E-state index in [0.717, 1.165) is 22.8 Å². The minimum Gasteiger partial charge on any atom is -0.492 e. The molecule has 1 aromatic heterocycles. The number of rotatable bonds is 7. The molecule has 0 aliphatic carbocycles. The zero-order valence-corrected chi connectivity index (χ0v) is 16.4. The molecule has 0 bridgehead atoms. The monoisotopic (exact) mass is 391 g/mol. The summed E-state index contributed by atoms with van der Waals surface area (Å²) in [6.45, 7) is 4.88. The maximum atomic E-state index is 12.5. The number of carbonyl (C=O) groups is 1. The highest BCUT2D eigenvalue weighted by Crippen LogP contribution is 2.29. The number of para-hydroxylation sites is 2. The van der Waals surface area contributed by atoms with Crippen molar-refractivity contribution in [3.63, 3.8) is 0 Å². The lowest BCUT2D eigenvalue weighted by Gasteiger charge is -2.13. The van der Waals surface area contributed by atoms with Gasteiger partial charge in [-0.2, -0.15) is 0 Å². The Morgan fingerprint density at radius 2 is 2.19 bits per heavy atom. The standard InChI is InChI=1S/C18H21N3O3S2/c1-3-21-17(23)16-13(9-10-25-16)20-18(21)26-11-15(22)19-12-7-5-6-8-14(12)24-4-2/h5-8H,3-4,9-11H2,1-2H3,(H,19,22). The summed E-state index contributed by atoms with van der Waals surface area (Å²) in [4.78, 5) is 30.3. The average Bonchev–Trinajstić information content (AvgIpc) is 3.11. The highest BCUT2D eigenvalue weighted by atomic mass is 32.2. The van der Waals surface area contributed by atoms with Crippen LogP contribution in [0.25, 0.3) is 0 Å². The first-order valence-electron chi connectivity index (χ1n) is 8.55. The van der Waals surface area contributed by atoms with Crippen molar-refractivity contribution in [1.29, 1.82) is 0 Å². The molecular formula is C18H21N3O3S2. The normalized spacial score (nSPS) is 12.7. The Balaban J connectivity index is 1.71. The number of amides is 1. The molecule has 1 aliphatic heterocycles. The van der Waals surface area contributed by atoms with Crippen LogP contribution >= 0.6 is 23.5 Å². The van der Waals surface area contributed by atoms with Crippen molar-refractivity contribution in [3.8, 4) is 5.75 Å². The molecule has 2 aromatic rings. The third-order valence-electron chi connectivity index (χ3n) is 3.86. The Kier molecular flexibility index (Phi) is 6.26. The van der Waals surface area contributed by atoms with Crippen LogP contribution in [0.15, 0.2) is 39.1 Å². The first-order chi connectivity index (χ1) is 12.6. The number of hydrogen-bond donors (Lipinski definition) is 1. The second kappa shape index (κ2) is 8.64. The van der Waals surface area contributed by atoms with Crippen LogP contribution in [0.2, 0.25) is 0 Å². The van der Waals surface area contributed by atoms with E-state index in [0.29, 0.717) is 29.7 Å². The molecule has 3 rings (SSSR count). The molecule has 1 aliphatic rings. The predicted octanol–water partition coefficient (Wildman–Crippen LogP) is 3.04. The molecular weight excluding hydrogens is 370 g/mol. The van der Waals surface area contributed by atoms with E-state index < -0.39 is 0 Å². The smallest absolute Gasteiger partial charge is 0.268 e. The van der Waals surface area contributed by atoms with Crippen molar-refractivity contribution in [3.05, 3.63) is 40.3 Å². The first kappa shape index (κ1) is 18.8. The summed E-state index contributed by atoms with van der Waals surface area (Å²) in [5.74, 6) is 1.56. The lowest BCUT2D eigenvalue weighted by Crippen LogP contribution is -2.25. The van der Waals surface area contributed by atoms with Gasteiger partial charge in [-0.25, -0.2) is 4.98 Å². The van der Waals surface area contributed by atoms with Crippen molar-refractivity contribution in [2.45, 2.75) is 36.9 Å². The van der Waals surface area contributed by atoms with Gasteiger partial charge in [-0.1, -0.05) is 23.9 Å². The van der Waals surface area contributed by atoms with Gasteiger partial charge in [0.05, 0.1) is 28.6 Å². The predicted molar refractivity (Wildman–Crippen MR) is 106 cm³/mol. The number of aryl methyl sites for hydroxylation is 1. The lowest BCUT2D eigenvalue weighted by atomic mass is 10.3. The summed E-state index contributed by atoms with van der Waals surface area (Å²) in [6, 6.07) is 7.34. The minimum absolute atomic E-state index is 0.00426. The molecule has 0 fully saturated rings. The fourth-order valence-corrected chi connectivity index (χ4v) is 4.60. The molecule has 0 atom stereocenters. The van der Waals surface area contributed by atoms with Gasteiger partial charge in [-0.15, -0.1) is 11.8 Å². The number of benzene rings is 1. The second-order valence-corrected chi connectivity index (χ2v) is 7.63. The van der Waals surface area contributed by atoms with E-state index in [-0.39, 0.29) is 17.2 Å². The largest absolute Gasteiger partial charge is 0.492 e. The molecule has 1 N–H and O–H groups in total. The number of anilines is 1. The molecule has 0 unspecified atom stereocenters. The Morgan fingerprint density at radius 1 is 1.38 bits per heavy atom. The van der Waals surface area contributed by atoms with Gasteiger partial charge in [0.1, 0.15) is 5.75 Å². The molecule has 1 aromatic carbocycles. The topological polar surface area (TPSA) is 73.2 Å². The maximum Gasteiger partial charge on any atom is 0.268 e. The van der Waals surface area contributed by atoms with Gasteiger partial charge < -0.3 is 10.1 Å². The molecule has 0 spiro atoms. The summed E-state index contributed by atoms with van der Waals surface area (Å²) in [5, 5.41) is 3.47. The van der Waals surface area contributed by atoms with Gasteiger partial charge in [-0.05, 0) is 26.0 Å². The number of ether oxygens (including phenoxy) is 1. The van der Waals surface area contributed by atoms with Crippen molar-refractivity contribution in [2.24, 2.45) is 0 Å². The Morgan fingerprint density at radius 3 is 2.96 bits per heavy atom. The maximum absolute atomic E-state index is 12.5. The molecule has 26 heavy (non-hydrogen) atoms. The van der Waals surface area contributed by atoms with E-state index in [1.54, 1.807) is 22.4 Å². The summed E-state index contributed by atoms with van der Waals surface area (Å²) >= 11 is 2.85. The summed E-state index contributed by atoms with van der Waals surface area (Å²) in [6.07, 6.45) is 0.807. The van der Waals surface area contributed by atoms with Crippen LogP contribution in [-0.2, 0) is 17.8 Å². The van der Waals surface area contributed by atoms with E-state index in [4.69, 9.17) is 4.74 Å². The average molecular weight is 392 g/mol. The SMILES string of the molecule is CCOc1ccccc1NC(=O)CSc1nc2c(c(=O)n1CC)SCC2. The molecule has 0 radical (unpaired) electrons. The fourth-order valence-electron chi connectivity index (χ4n) is 2.68. The summed E-state index contributed by atoms with van der Waals surface area (Å²) in [7, 11) is 0. The van der Waals surface area contributed by atoms with E-state index in [1.165, 1.54) is 11.8 Å². The van der Waals surface area contributed by atoms with Gasteiger partial charge in [0, 0.05) is 18.7 Å². The van der Waals surface area contributed by atoms with Crippen LogP contribution in [0, 0.1) is 0 Å². The summed E-state index contributed by atoms with van der Waals surface area (Å²) in [5.41, 5.74) is 1.50. The highest BCUT2D eigenvalue weighted by molar-refractivity contribution is 8.00. The molecule has 0 saturated carbocycles. The Labute approximate surface area is 160 Å². The molecule has 6 nitrogen and oxygen atoms in total. The molecule has 8 heteroatoms. The quantitative estimate of drug-likeness (QED) is 0.578.